The van der Waals surface area contributed by atoms with E-state index in [4.69, 9.17) is 9.47 Å². The molecule has 0 radical (unpaired) electrons. The van der Waals surface area contributed by atoms with E-state index in [1.807, 2.05) is 54.6 Å². The molecule has 0 N–H and O–H groups in total. The number of para-hydroxylation sites is 1. The number of rotatable bonds is 6. The molecule has 2 bridgehead atoms. The molecule has 170 valence electrons. The monoisotopic (exact) mass is 442 g/mol. The van der Waals surface area contributed by atoms with Gasteiger partial charge in [-0.05, 0) is 54.8 Å². The second kappa shape index (κ2) is 9.67. The van der Waals surface area contributed by atoms with Crippen LogP contribution in [0.15, 0.2) is 84.9 Å². The van der Waals surface area contributed by atoms with Crippen LogP contribution in [-0.2, 0) is 11.3 Å². The first-order valence-corrected chi connectivity index (χ1v) is 11.7. The van der Waals surface area contributed by atoms with Gasteiger partial charge in [-0.3, -0.25) is 9.80 Å². The summed E-state index contributed by atoms with van der Waals surface area (Å²) in [5, 5.41) is 0. The number of carbonyl (C=O) groups is 1. The molecule has 3 aromatic rings. The van der Waals surface area contributed by atoms with Crippen molar-refractivity contribution < 1.29 is 14.3 Å². The van der Waals surface area contributed by atoms with E-state index < -0.39 is 0 Å². The molecule has 1 amide bonds. The predicted molar refractivity (Wildman–Crippen MR) is 130 cm³/mol. The zero-order valence-electron chi connectivity index (χ0n) is 19.0. The van der Waals surface area contributed by atoms with Crippen LogP contribution >= 0.6 is 0 Å². The second-order valence-electron chi connectivity index (χ2n) is 9.09. The first kappa shape index (κ1) is 21.5. The molecule has 1 saturated heterocycles. The van der Waals surface area contributed by atoms with Crippen LogP contribution in [0.4, 0.5) is 10.5 Å². The molecule has 2 unspecified atom stereocenters. The molecule has 33 heavy (non-hydrogen) atoms. The summed E-state index contributed by atoms with van der Waals surface area (Å²) in [5.74, 6) is 2.33. The molecule has 5 heteroatoms. The molecule has 5 nitrogen and oxygen atoms in total. The van der Waals surface area contributed by atoms with Crippen molar-refractivity contribution in [1.29, 1.82) is 0 Å². The molecule has 2 aliphatic rings. The maximum absolute atomic E-state index is 12.9. The Kier molecular flexibility index (Phi) is 6.31. The average Bonchev–Trinajstić information content (AvgIpc) is 3.07. The third-order valence-electron chi connectivity index (χ3n) is 6.79. The Bertz CT molecular complexity index is 1040. The maximum Gasteiger partial charge on any atom is 0.414 e. The molecule has 5 rings (SSSR count). The number of amides is 1. The fourth-order valence-corrected chi connectivity index (χ4v) is 5.10. The van der Waals surface area contributed by atoms with Crippen molar-refractivity contribution in [1.82, 2.24) is 4.90 Å². The molecule has 2 atom stereocenters. The smallest absolute Gasteiger partial charge is 0.414 e. The molecular weight excluding hydrogens is 412 g/mol. The van der Waals surface area contributed by atoms with E-state index in [1.165, 1.54) is 5.56 Å². The minimum atomic E-state index is -0.287. The van der Waals surface area contributed by atoms with Gasteiger partial charge in [-0.15, -0.1) is 0 Å². The Morgan fingerprint density at radius 3 is 2.06 bits per heavy atom. The number of ether oxygens (including phenoxy) is 2. The largest absolute Gasteiger partial charge is 0.457 e. The van der Waals surface area contributed by atoms with E-state index in [1.54, 1.807) is 11.9 Å². The van der Waals surface area contributed by atoms with Crippen molar-refractivity contribution in [2.45, 2.75) is 25.5 Å². The number of likely N-dealkylation sites (tertiary alicyclic amines) is 1. The topological polar surface area (TPSA) is 42.0 Å². The lowest BCUT2D eigenvalue weighted by Crippen LogP contribution is -2.47. The maximum atomic E-state index is 12.9. The van der Waals surface area contributed by atoms with Gasteiger partial charge in [0, 0.05) is 44.2 Å². The summed E-state index contributed by atoms with van der Waals surface area (Å²) in [7, 11) is 1.77. The summed E-state index contributed by atoms with van der Waals surface area (Å²) >= 11 is 0. The fourth-order valence-electron chi connectivity index (χ4n) is 5.10. The number of anilines is 1. The van der Waals surface area contributed by atoms with Crippen LogP contribution in [0.1, 0.15) is 18.4 Å². The molecule has 2 fully saturated rings. The fraction of sp³-hybridized carbons (Fsp3) is 0.321. The normalized spacial score (nSPS) is 22.0. The van der Waals surface area contributed by atoms with Crippen LogP contribution in [-0.4, -0.2) is 37.2 Å². The highest BCUT2D eigenvalue weighted by Gasteiger charge is 2.44. The van der Waals surface area contributed by atoms with Crippen molar-refractivity contribution in [3.05, 3.63) is 90.5 Å². The van der Waals surface area contributed by atoms with Crippen LogP contribution in [0.2, 0.25) is 0 Å². The van der Waals surface area contributed by atoms with E-state index in [0.29, 0.717) is 11.8 Å². The van der Waals surface area contributed by atoms with E-state index >= 15 is 0 Å². The summed E-state index contributed by atoms with van der Waals surface area (Å²) < 4.78 is 11.9. The number of piperidine rings is 1. The van der Waals surface area contributed by atoms with Gasteiger partial charge in [0.25, 0.3) is 0 Å². The highest BCUT2D eigenvalue weighted by atomic mass is 16.6. The van der Waals surface area contributed by atoms with Crippen LogP contribution < -0.4 is 9.64 Å². The van der Waals surface area contributed by atoms with Crippen molar-refractivity contribution in [2.24, 2.45) is 11.8 Å². The Morgan fingerprint density at radius 2 is 1.42 bits per heavy atom. The van der Waals surface area contributed by atoms with Crippen LogP contribution in [0, 0.1) is 11.8 Å². The third kappa shape index (κ3) is 5.04. The first-order valence-electron chi connectivity index (χ1n) is 11.7. The summed E-state index contributed by atoms with van der Waals surface area (Å²) in [6, 6.07) is 27.8. The number of hydrogen-bond acceptors (Lipinski definition) is 4. The number of nitrogens with zero attached hydrogens (tertiary/aromatic N) is 2. The van der Waals surface area contributed by atoms with Gasteiger partial charge in [-0.2, -0.15) is 0 Å². The molecular formula is C28H30N2O3. The lowest BCUT2D eigenvalue weighted by Gasteiger charge is -2.38. The van der Waals surface area contributed by atoms with Crippen LogP contribution in [0.25, 0.3) is 0 Å². The van der Waals surface area contributed by atoms with Gasteiger partial charge < -0.3 is 9.47 Å². The lowest BCUT2D eigenvalue weighted by atomic mass is 9.94. The minimum absolute atomic E-state index is 0.00709. The number of benzene rings is 3. The van der Waals surface area contributed by atoms with Gasteiger partial charge in [0.15, 0.2) is 0 Å². The zero-order chi connectivity index (χ0) is 22.6. The summed E-state index contributed by atoms with van der Waals surface area (Å²) in [5.41, 5.74) is 2.13. The molecule has 1 aliphatic carbocycles. The van der Waals surface area contributed by atoms with Crippen LogP contribution in [0.3, 0.4) is 0 Å². The minimum Gasteiger partial charge on any atom is -0.457 e. The molecule has 3 aromatic carbocycles. The summed E-state index contributed by atoms with van der Waals surface area (Å²) in [4.78, 5) is 17.0. The van der Waals surface area contributed by atoms with Crippen molar-refractivity contribution in [2.75, 3.05) is 25.0 Å². The number of fused-ring (bicyclic) bond motifs is 2. The molecule has 1 saturated carbocycles. The highest BCUT2D eigenvalue weighted by molar-refractivity contribution is 5.87. The van der Waals surface area contributed by atoms with Crippen molar-refractivity contribution >= 4 is 11.8 Å². The van der Waals surface area contributed by atoms with E-state index in [-0.39, 0.29) is 12.2 Å². The van der Waals surface area contributed by atoms with Gasteiger partial charge in [-0.1, -0.05) is 48.5 Å². The van der Waals surface area contributed by atoms with Crippen molar-refractivity contribution in [3.8, 4) is 11.5 Å². The average molecular weight is 443 g/mol. The second-order valence-corrected chi connectivity index (χ2v) is 9.09. The molecule has 0 spiro atoms. The quantitative estimate of drug-likeness (QED) is 0.472. The molecule has 1 aliphatic heterocycles. The van der Waals surface area contributed by atoms with Crippen molar-refractivity contribution in [3.63, 3.8) is 0 Å². The Morgan fingerprint density at radius 1 is 0.848 bits per heavy atom. The van der Waals surface area contributed by atoms with Gasteiger partial charge in [0.2, 0.25) is 0 Å². The van der Waals surface area contributed by atoms with Crippen LogP contribution in [0.5, 0.6) is 11.5 Å². The summed E-state index contributed by atoms with van der Waals surface area (Å²) in [6.07, 6.45) is 1.98. The Balaban J connectivity index is 1.17. The predicted octanol–water partition coefficient (Wildman–Crippen LogP) is 5.96. The van der Waals surface area contributed by atoms with Gasteiger partial charge in [-0.25, -0.2) is 4.79 Å². The molecule has 1 heterocycles. The van der Waals surface area contributed by atoms with E-state index in [0.717, 1.165) is 49.7 Å². The van der Waals surface area contributed by atoms with Gasteiger partial charge in [0.05, 0.1) is 0 Å². The summed E-state index contributed by atoms with van der Waals surface area (Å²) in [6.45, 7) is 2.93. The van der Waals surface area contributed by atoms with E-state index in [9.17, 15) is 4.79 Å². The Labute approximate surface area is 195 Å². The van der Waals surface area contributed by atoms with Gasteiger partial charge >= 0.3 is 6.09 Å². The Hall–Kier alpha value is -3.31. The molecule has 0 aromatic heterocycles. The SMILES string of the molecule is CN(C(=O)OC1C2CCC1CN(Cc1ccccc1)C2)c1ccc(Oc2ccccc2)cc1. The zero-order valence-corrected chi connectivity index (χ0v) is 19.0. The third-order valence-corrected chi connectivity index (χ3v) is 6.79. The number of carbonyl (C=O) groups excluding carboxylic acids is 1. The van der Waals surface area contributed by atoms with Gasteiger partial charge in [0.1, 0.15) is 17.6 Å². The lowest BCUT2D eigenvalue weighted by molar-refractivity contribution is 0.000490. The number of hydrogen-bond donors (Lipinski definition) is 0. The van der Waals surface area contributed by atoms with E-state index in [2.05, 4.69) is 35.2 Å². The first-order chi connectivity index (χ1) is 16.2. The highest BCUT2D eigenvalue weighted by Crippen LogP contribution is 2.40. The standard InChI is InChI=1S/C28H30N2O3/c1-29(24-14-16-26(17-15-24)32-25-10-6-3-7-11-25)28(31)33-27-22-12-13-23(27)20-30(19-22)18-21-8-4-2-5-9-21/h2-11,14-17,22-23,27H,12-13,18-20H2,1H3.